The van der Waals surface area contributed by atoms with Crippen LogP contribution in [0.3, 0.4) is 0 Å². The molecule has 0 N–H and O–H groups in total. The minimum absolute atomic E-state index is 0.0244. The molecular formula is C7H2ClF2IN2. The number of halogens is 4. The summed E-state index contributed by atoms with van der Waals surface area (Å²) in [6.07, 6.45) is -2.76. The van der Waals surface area contributed by atoms with Gasteiger partial charge >= 0.3 is 0 Å². The third kappa shape index (κ3) is 2.25. The number of aromatic nitrogens is 1. The number of hydrogen-bond acceptors (Lipinski definition) is 2. The lowest BCUT2D eigenvalue weighted by molar-refractivity contribution is 0.146. The Balaban J connectivity index is 3.38. The number of rotatable bonds is 1. The molecule has 0 aromatic carbocycles. The summed E-state index contributed by atoms with van der Waals surface area (Å²) in [6, 6.07) is 3.08. The highest BCUT2D eigenvalue weighted by Gasteiger charge is 2.17. The number of hydrogen-bond donors (Lipinski definition) is 0. The van der Waals surface area contributed by atoms with E-state index in [1.54, 1.807) is 28.7 Å². The van der Waals surface area contributed by atoms with Gasteiger partial charge in [-0.25, -0.2) is 13.8 Å². The van der Waals surface area contributed by atoms with E-state index in [0.29, 0.717) is 3.70 Å². The van der Waals surface area contributed by atoms with Gasteiger partial charge in [0.1, 0.15) is 15.5 Å². The molecular weight excluding hydrogens is 312 g/mol. The third-order valence-electron chi connectivity index (χ3n) is 1.28. The first kappa shape index (κ1) is 10.6. The fourth-order valence-electron chi connectivity index (χ4n) is 0.743. The zero-order chi connectivity index (χ0) is 10.0. The van der Waals surface area contributed by atoms with E-state index >= 15 is 0 Å². The molecule has 0 fully saturated rings. The van der Waals surface area contributed by atoms with Gasteiger partial charge in [-0.2, -0.15) is 5.26 Å². The van der Waals surface area contributed by atoms with Crippen LogP contribution in [0.1, 0.15) is 17.7 Å². The lowest BCUT2D eigenvalue weighted by Gasteiger charge is -2.03. The van der Waals surface area contributed by atoms with Crippen LogP contribution in [0.4, 0.5) is 8.78 Å². The van der Waals surface area contributed by atoms with E-state index in [-0.39, 0.29) is 10.6 Å². The second kappa shape index (κ2) is 4.15. The van der Waals surface area contributed by atoms with Crippen molar-refractivity contribution in [1.82, 2.24) is 4.98 Å². The highest BCUT2D eigenvalue weighted by Crippen LogP contribution is 2.28. The Bertz CT molecular complexity index is 375. The summed E-state index contributed by atoms with van der Waals surface area (Å²) in [4.78, 5) is 3.53. The Labute approximate surface area is 91.7 Å². The Morgan fingerprint density at radius 3 is 2.69 bits per heavy atom. The van der Waals surface area contributed by atoms with E-state index in [2.05, 4.69) is 4.98 Å². The molecule has 0 spiro atoms. The second-order valence-electron chi connectivity index (χ2n) is 2.10. The van der Waals surface area contributed by atoms with Crippen molar-refractivity contribution in [3.05, 3.63) is 26.0 Å². The van der Waals surface area contributed by atoms with Gasteiger partial charge in [0.05, 0.1) is 10.6 Å². The van der Waals surface area contributed by atoms with Gasteiger partial charge in [-0.1, -0.05) is 11.6 Å². The molecule has 0 amide bonds. The molecule has 0 atom stereocenters. The van der Waals surface area contributed by atoms with E-state index in [1.165, 1.54) is 6.07 Å². The quantitative estimate of drug-likeness (QED) is 0.590. The zero-order valence-electron chi connectivity index (χ0n) is 6.06. The van der Waals surface area contributed by atoms with E-state index < -0.39 is 12.1 Å². The average Bonchev–Trinajstić information content (AvgIpc) is 2.08. The molecule has 2 nitrogen and oxygen atoms in total. The summed E-state index contributed by atoms with van der Waals surface area (Å²) >= 11 is 7.26. The smallest absolute Gasteiger partial charge is 0.239 e. The number of nitriles is 1. The molecule has 68 valence electrons. The SMILES string of the molecule is N#Cc1cc(I)nc(C(F)F)c1Cl. The predicted octanol–water partition coefficient (Wildman–Crippen LogP) is 3.15. The first-order chi connectivity index (χ1) is 6.06. The highest BCUT2D eigenvalue weighted by atomic mass is 127. The van der Waals surface area contributed by atoms with Crippen LogP contribution in [0, 0.1) is 15.0 Å². The van der Waals surface area contributed by atoms with Crippen molar-refractivity contribution >= 4 is 34.2 Å². The van der Waals surface area contributed by atoms with Crippen LogP contribution in [-0.2, 0) is 0 Å². The van der Waals surface area contributed by atoms with Crippen molar-refractivity contribution in [3.63, 3.8) is 0 Å². The second-order valence-corrected chi connectivity index (χ2v) is 3.59. The maximum absolute atomic E-state index is 12.3. The summed E-state index contributed by atoms with van der Waals surface area (Å²) in [7, 11) is 0. The van der Waals surface area contributed by atoms with Crippen LogP contribution < -0.4 is 0 Å². The van der Waals surface area contributed by atoms with Crippen molar-refractivity contribution < 1.29 is 8.78 Å². The maximum Gasteiger partial charge on any atom is 0.281 e. The van der Waals surface area contributed by atoms with Gasteiger partial charge < -0.3 is 0 Å². The fourth-order valence-corrected chi connectivity index (χ4v) is 1.54. The molecule has 6 heteroatoms. The first-order valence-corrected chi connectivity index (χ1v) is 4.56. The van der Waals surface area contributed by atoms with Crippen LogP contribution in [0.25, 0.3) is 0 Å². The van der Waals surface area contributed by atoms with Crippen LogP contribution in [0.5, 0.6) is 0 Å². The first-order valence-electron chi connectivity index (χ1n) is 3.10. The largest absolute Gasteiger partial charge is 0.281 e. The fraction of sp³-hybridized carbons (Fsp3) is 0.143. The monoisotopic (exact) mass is 314 g/mol. The molecule has 0 unspecified atom stereocenters. The van der Waals surface area contributed by atoms with Crippen molar-refractivity contribution in [2.24, 2.45) is 0 Å². The van der Waals surface area contributed by atoms with Crippen LogP contribution in [0.2, 0.25) is 5.02 Å². The lowest BCUT2D eigenvalue weighted by atomic mass is 10.2. The van der Waals surface area contributed by atoms with Gasteiger partial charge in [-0.05, 0) is 28.7 Å². The molecule has 0 saturated heterocycles. The van der Waals surface area contributed by atoms with Crippen LogP contribution in [-0.4, -0.2) is 4.98 Å². The predicted molar refractivity (Wildman–Crippen MR) is 51.6 cm³/mol. The van der Waals surface area contributed by atoms with E-state index in [1.807, 2.05) is 0 Å². The Morgan fingerprint density at radius 2 is 2.23 bits per heavy atom. The molecule has 0 saturated carbocycles. The molecule has 13 heavy (non-hydrogen) atoms. The minimum atomic E-state index is -2.76. The Kier molecular flexibility index (Phi) is 3.39. The number of nitrogens with zero attached hydrogens (tertiary/aromatic N) is 2. The van der Waals surface area contributed by atoms with Crippen molar-refractivity contribution in [2.75, 3.05) is 0 Å². The normalized spacial score (nSPS) is 10.2. The molecule has 0 aliphatic rings. The van der Waals surface area contributed by atoms with E-state index in [9.17, 15) is 8.78 Å². The van der Waals surface area contributed by atoms with E-state index in [0.717, 1.165) is 0 Å². The molecule has 0 aliphatic carbocycles. The maximum atomic E-state index is 12.3. The molecule has 0 bridgehead atoms. The zero-order valence-corrected chi connectivity index (χ0v) is 8.97. The van der Waals surface area contributed by atoms with Crippen molar-refractivity contribution in [3.8, 4) is 6.07 Å². The lowest BCUT2D eigenvalue weighted by Crippen LogP contribution is -1.96. The van der Waals surface area contributed by atoms with Crippen molar-refractivity contribution in [1.29, 1.82) is 5.26 Å². The summed E-state index contributed by atoms with van der Waals surface area (Å²) in [5, 5.41) is 8.27. The van der Waals surface area contributed by atoms with Gasteiger partial charge in [0, 0.05) is 0 Å². The topological polar surface area (TPSA) is 36.7 Å². The summed E-state index contributed by atoms with van der Waals surface area (Å²) < 4.78 is 24.9. The molecule has 0 radical (unpaired) electrons. The third-order valence-corrected chi connectivity index (χ3v) is 2.23. The summed E-state index contributed by atoms with van der Waals surface area (Å²) in [6.45, 7) is 0. The van der Waals surface area contributed by atoms with Gasteiger partial charge in [-0.3, -0.25) is 0 Å². The van der Waals surface area contributed by atoms with Gasteiger partial charge in [0.2, 0.25) is 0 Å². The van der Waals surface area contributed by atoms with Crippen LogP contribution >= 0.6 is 34.2 Å². The molecule has 1 heterocycles. The standard InChI is InChI=1S/C7H2ClF2IN2/c8-5-3(2-12)1-4(11)13-6(5)7(9)10/h1,7H. The molecule has 1 aromatic heterocycles. The van der Waals surface area contributed by atoms with E-state index in [4.69, 9.17) is 16.9 Å². The molecule has 0 aliphatic heterocycles. The van der Waals surface area contributed by atoms with Gasteiger partial charge in [0.25, 0.3) is 6.43 Å². The minimum Gasteiger partial charge on any atom is -0.239 e. The van der Waals surface area contributed by atoms with Gasteiger partial charge in [0.15, 0.2) is 0 Å². The molecule has 1 rings (SSSR count). The molecule has 1 aromatic rings. The number of alkyl halides is 2. The Morgan fingerprint density at radius 1 is 1.62 bits per heavy atom. The van der Waals surface area contributed by atoms with Crippen molar-refractivity contribution in [2.45, 2.75) is 6.43 Å². The summed E-state index contributed by atoms with van der Waals surface area (Å²) in [5.41, 5.74) is -0.513. The number of pyridine rings is 1. The summed E-state index contributed by atoms with van der Waals surface area (Å²) in [5.74, 6) is 0. The Hall–Kier alpha value is -0.480. The van der Waals surface area contributed by atoms with Gasteiger partial charge in [-0.15, -0.1) is 0 Å². The highest BCUT2D eigenvalue weighted by molar-refractivity contribution is 14.1. The average molecular weight is 314 g/mol. The van der Waals surface area contributed by atoms with Crippen LogP contribution in [0.15, 0.2) is 6.07 Å².